The largest absolute Gasteiger partial charge is 0.493 e. The summed E-state index contributed by atoms with van der Waals surface area (Å²) in [6.07, 6.45) is 1.62. The van der Waals surface area contributed by atoms with E-state index in [1.54, 1.807) is 37.5 Å². The van der Waals surface area contributed by atoms with Gasteiger partial charge in [-0.25, -0.2) is 9.79 Å². The number of nitrogens with zero attached hydrogens (tertiary/aromatic N) is 1. The van der Waals surface area contributed by atoms with E-state index in [9.17, 15) is 4.79 Å². The highest BCUT2D eigenvalue weighted by Crippen LogP contribution is 2.31. The molecule has 5 nitrogen and oxygen atoms in total. The molecule has 0 radical (unpaired) electrons. The second-order valence-corrected chi connectivity index (χ2v) is 8.81. The Balaban J connectivity index is 1.57. The van der Waals surface area contributed by atoms with Gasteiger partial charge in [0.2, 0.25) is 5.90 Å². The molecule has 0 saturated carbocycles. The number of carbonyl (C=O) groups is 1. The van der Waals surface area contributed by atoms with Gasteiger partial charge in [0.25, 0.3) is 0 Å². The number of carbonyl (C=O) groups excluding carboxylic acids is 1. The maximum atomic E-state index is 12.4. The average molecular weight is 580 g/mol. The molecule has 1 aliphatic heterocycles. The lowest BCUT2D eigenvalue weighted by Gasteiger charge is -2.12. The van der Waals surface area contributed by atoms with Crippen molar-refractivity contribution in [3.8, 4) is 11.5 Å². The van der Waals surface area contributed by atoms with Gasteiger partial charge in [-0.3, -0.25) is 0 Å². The van der Waals surface area contributed by atoms with Crippen LogP contribution in [-0.4, -0.2) is 19.0 Å². The quantitative estimate of drug-likeness (QED) is 0.189. The molecule has 3 aromatic carbocycles. The molecular formula is C24H16Cl2INO4. The van der Waals surface area contributed by atoms with E-state index in [0.29, 0.717) is 39.3 Å². The number of aliphatic imine (C=N–C) groups is 1. The van der Waals surface area contributed by atoms with E-state index in [4.69, 9.17) is 37.4 Å². The van der Waals surface area contributed by atoms with Crippen LogP contribution in [0, 0.1) is 3.57 Å². The third-order valence-corrected chi connectivity index (χ3v) is 5.98. The van der Waals surface area contributed by atoms with Crippen molar-refractivity contribution in [2.75, 3.05) is 7.11 Å². The van der Waals surface area contributed by atoms with Crippen LogP contribution >= 0.6 is 45.8 Å². The molecule has 0 aliphatic carbocycles. The maximum absolute atomic E-state index is 12.4. The van der Waals surface area contributed by atoms with E-state index in [2.05, 4.69) is 27.6 Å². The van der Waals surface area contributed by atoms with Gasteiger partial charge in [-0.1, -0.05) is 47.5 Å². The van der Waals surface area contributed by atoms with Crippen LogP contribution in [0.5, 0.6) is 11.5 Å². The van der Waals surface area contributed by atoms with Crippen LogP contribution in [-0.2, 0) is 16.1 Å². The van der Waals surface area contributed by atoms with Gasteiger partial charge in [-0.15, -0.1) is 0 Å². The van der Waals surface area contributed by atoms with Crippen molar-refractivity contribution >= 4 is 63.7 Å². The van der Waals surface area contributed by atoms with Crippen LogP contribution < -0.4 is 9.47 Å². The molecule has 8 heteroatoms. The molecule has 1 aliphatic rings. The van der Waals surface area contributed by atoms with Gasteiger partial charge in [-0.05, 0) is 70.6 Å². The van der Waals surface area contributed by atoms with Gasteiger partial charge in [0.15, 0.2) is 17.2 Å². The SMILES string of the molecule is COc1cc(/C=C2\N=C(c3cc(I)ccc3Cl)OC2=O)ccc1OCc1ccccc1Cl. The van der Waals surface area contributed by atoms with Crippen LogP contribution in [0.3, 0.4) is 0 Å². The van der Waals surface area contributed by atoms with Crippen molar-refractivity contribution < 1.29 is 19.0 Å². The standard InChI is InChI=1S/C24H16Cl2INO4/c1-30-22-11-14(6-9-21(22)31-13-15-4-2-3-5-18(15)25)10-20-24(29)32-23(28-20)17-12-16(27)7-8-19(17)26/h2-12H,13H2,1H3/b20-10-. The predicted octanol–water partition coefficient (Wildman–Crippen LogP) is 6.53. The predicted molar refractivity (Wildman–Crippen MR) is 134 cm³/mol. The molecule has 32 heavy (non-hydrogen) atoms. The molecule has 3 aromatic rings. The Morgan fingerprint density at radius 2 is 1.84 bits per heavy atom. The van der Waals surface area contributed by atoms with Crippen molar-refractivity contribution in [1.29, 1.82) is 0 Å². The second kappa shape index (κ2) is 9.94. The van der Waals surface area contributed by atoms with Gasteiger partial charge in [0.05, 0.1) is 17.7 Å². The number of rotatable bonds is 6. The Morgan fingerprint density at radius 3 is 2.62 bits per heavy atom. The molecule has 4 rings (SSSR count). The molecule has 0 spiro atoms. The summed E-state index contributed by atoms with van der Waals surface area (Å²) in [7, 11) is 1.55. The van der Waals surface area contributed by atoms with Gasteiger partial charge < -0.3 is 14.2 Å². The Morgan fingerprint density at radius 1 is 1.03 bits per heavy atom. The minimum absolute atomic E-state index is 0.168. The van der Waals surface area contributed by atoms with Crippen LogP contribution in [0.1, 0.15) is 16.7 Å². The molecular weight excluding hydrogens is 564 g/mol. The maximum Gasteiger partial charge on any atom is 0.363 e. The van der Waals surface area contributed by atoms with Gasteiger partial charge in [-0.2, -0.15) is 0 Å². The Labute approximate surface area is 208 Å². The van der Waals surface area contributed by atoms with Crippen molar-refractivity contribution in [3.63, 3.8) is 0 Å². The lowest BCUT2D eigenvalue weighted by molar-refractivity contribution is -0.129. The number of hydrogen-bond donors (Lipinski definition) is 0. The summed E-state index contributed by atoms with van der Waals surface area (Å²) in [6.45, 7) is 0.299. The van der Waals surface area contributed by atoms with E-state index in [1.807, 2.05) is 36.4 Å². The fraction of sp³-hybridized carbons (Fsp3) is 0.0833. The molecule has 1 heterocycles. The fourth-order valence-electron chi connectivity index (χ4n) is 3.01. The summed E-state index contributed by atoms with van der Waals surface area (Å²) < 4.78 is 17.6. The van der Waals surface area contributed by atoms with Crippen molar-refractivity contribution in [2.24, 2.45) is 4.99 Å². The third-order valence-electron chi connectivity index (χ3n) is 4.61. The molecule has 0 bridgehead atoms. The molecule has 0 N–H and O–H groups in total. The fourth-order valence-corrected chi connectivity index (χ4v) is 3.89. The highest BCUT2D eigenvalue weighted by Gasteiger charge is 2.26. The van der Waals surface area contributed by atoms with Gasteiger partial charge >= 0.3 is 5.97 Å². The number of methoxy groups -OCH3 is 1. The molecule has 0 unspecified atom stereocenters. The second-order valence-electron chi connectivity index (χ2n) is 6.75. The van der Waals surface area contributed by atoms with E-state index in [-0.39, 0.29) is 11.6 Å². The zero-order valence-electron chi connectivity index (χ0n) is 16.8. The first-order valence-electron chi connectivity index (χ1n) is 9.47. The molecule has 0 atom stereocenters. The van der Waals surface area contributed by atoms with Gasteiger partial charge in [0.1, 0.15) is 6.61 Å². The Bertz CT molecular complexity index is 1260. The Hall–Kier alpha value is -2.55. The molecule has 162 valence electrons. The average Bonchev–Trinajstić information content (AvgIpc) is 3.15. The monoisotopic (exact) mass is 579 g/mol. The zero-order chi connectivity index (χ0) is 22.7. The zero-order valence-corrected chi connectivity index (χ0v) is 20.4. The van der Waals surface area contributed by atoms with Crippen molar-refractivity contribution in [3.05, 3.63) is 96.7 Å². The van der Waals surface area contributed by atoms with E-state index >= 15 is 0 Å². The summed E-state index contributed by atoms with van der Waals surface area (Å²) in [5.74, 6) is 0.699. The number of benzene rings is 3. The van der Waals surface area contributed by atoms with E-state index in [0.717, 1.165) is 9.13 Å². The first-order valence-corrected chi connectivity index (χ1v) is 11.3. The highest BCUT2D eigenvalue weighted by molar-refractivity contribution is 14.1. The normalized spacial score (nSPS) is 14.3. The summed E-state index contributed by atoms with van der Waals surface area (Å²) in [5, 5.41) is 1.09. The van der Waals surface area contributed by atoms with E-state index < -0.39 is 5.97 Å². The lowest BCUT2D eigenvalue weighted by Crippen LogP contribution is -2.06. The first kappa shape index (κ1) is 22.6. The van der Waals surface area contributed by atoms with E-state index in [1.165, 1.54) is 0 Å². The number of cyclic esters (lactones) is 1. The number of hydrogen-bond acceptors (Lipinski definition) is 5. The number of ether oxygens (including phenoxy) is 3. The smallest absolute Gasteiger partial charge is 0.363 e. The first-order chi connectivity index (χ1) is 15.4. The van der Waals surface area contributed by atoms with Gasteiger partial charge in [0, 0.05) is 14.2 Å². The lowest BCUT2D eigenvalue weighted by atomic mass is 10.1. The minimum atomic E-state index is -0.548. The summed E-state index contributed by atoms with van der Waals surface area (Å²) in [4.78, 5) is 16.7. The van der Waals surface area contributed by atoms with Crippen LogP contribution in [0.4, 0.5) is 0 Å². The molecule has 0 saturated heterocycles. The highest BCUT2D eigenvalue weighted by atomic mass is 127. The van der Waals surface area contributed by atoms with Crippen LogP contribution in [0.2, 0.25) is 10.0 Å². The van der Waals surface area contributed by atoms with Crippen LogP contribution in [0.25, 0.3) is 6.08 Å². The summed E-state index contributed by atoms with van der Waals surface area (Å²) in [6, 6.07) is 18.2. The summed E-state index contributed by atoms with van der Waals surface area (Å²) in [5.41, 5.74) is 2.31. The topological polar surface area (TPSA) is 57.1 Å². The molecule has 0 aromatic heterocycles. The third kappa shape index (κ3) is 5.09. The minimum Gasteiger partial charge on any atom is -0.493 e. The summed E-state index contributed by atoms with van der Waals surface area (Å²) >= 11 is 14.6. The molecule has 0 amide bonds. The Kier molecular flexibility index (Phi) is 7.03. The van der Waals surface area contributed by atoms with Crippen LogP contribution in [0.15, 0.2) is 71.4 Å². The molecule has 0 fully saturated rings. The number of esters is 1. The van der Waals surface area contributed by atoms with Crippen molar-refractivity contribution in [2.45, 2.75) is 6.61 Å². The number of halogens is 3. The van der Waals surface area contributed by atoms with Crippen molar-refractivity contribution in [1.82, 2.24) is 0 Å².